The van der Waals surface area contributed by atoms with E-state index in [1.165, 1.54) is 11.6 Å². The van der Waals surface area contributed by atoms with E-state index in [9.17, 15) is 9.90 Å². The predicted octanol–water partition coefficient (Wildman–Crippen LogP) is 4.77. The third kappa shape index (κ3) is 3.10. The number of nitrogens with zero attached hydrogens (tertiary/aromatic N) is 1. The minimum absolute atomic E-state index is 0.0159. The molecule has 0 amide bonds. The van der Waals surface area contributed by atoms with Crippen molar-refractivity contribution >= 4 is 17.2 Å². The van der Waals surface area contributed by atoms with Gasteiger partial charge in [-0.2, -0.15) is 0 Å². The van der Waals surface area contributed by atoms with Crippen molar-refractivity contribution in [3.05, 3.63) is 83.1 Å². The van der Waals surface area contributed by atoms with Gasteiger partial charge in [0.2, 0.25) is 0 Å². The van der Waals surface area contributed by atoms with Gasteiger partial charge < -0.3 is 10.0 Å². The summed E-state index contributed by atoms with van der Waals surface area (Å²) in [5.74, 6) is -0.237. The minimum Gasteiger partial charge on any atom is -0.507 e. The maximum absolute atomic E-state index is 12.5. The number of aliphatic hydroxyl groups excluding tert-OH is 1. The molecular weight excluding hydrogens is 310 g/mol. The van der Waals surface area contributed by atoms with E-state index >= 15 is 0 Å². The lowest BCUT2D eigenvalue weighted by Crippen LogP contribution is -2.23. The van der Waals surface area contributed by atoms with Gasteiger partial charge in [0.25, 0.3) is 0 Å². The average Bonchev–Trinajstić information content (AvgIpc) is 2.77. The van der Waals surface area contributed by atoms with Gasteiger partial charge in [0.15, 0.2) is 5.78 Å². The molecule has 1 aliphatic rings. The van der Waals surface area contributed by atoms with Crippen LogP contribution in [0.4, 0.5) is 5.69 Å². The summed E-state index contributed by atoms with van der Waals surface area (Å²) in [6.45, 7) is 6.20. The van der Waals surface area contributed by atoms with Crippen molar-refractivity contribution in [1.29, 1.82) is 0 Å². The topological polar surface area (TPSA) is 40.5 Å². The molecule has 1 heterocycles. The molecule has 0 aromatic heterocycles. The number of likely N-dealkylation sites (N-methyl/N-ethyl adjacent to an activating group) is 1. The number of ketones is 1. The van der Waals surface area contributed by atoms with E-state index in [4.69, 9.17) is 0 Å². The van der Waals surface area contributed by atoms with Gasteiger partial charge in [0, 0.05) is 41.6 Å². The zero-order valence-electron chi connectivity index (χ0n) is 15.1. The molecule has 0 radical (unpaired) electrons. The van der Waals surface area contributed by atoms with Crippen molar-refractivity contribution in [1.82, 2.24) is 0 Å². The first-order valence-electron chi connectivity index (χ1n) is 8.38. The Morgan fingerprint density at radius 3 is 2.36 bits per heavy atom. The molecule has 1 aliphatic heterocycles. The number of carbonyl (C=O) groups is 1. The first-order chi connectivity index (χ1) is 11.8. The van der Waals surface area contributed by atoms with E-state index in [0.717, 1.165) is 16.9 Å². The highest BCUT2D eigenvalue weighted by molar-refractivity contribution is 6.04. The second-order valence-electron chi connectivity index (χ2n) is 7.03. The molecule has 2 aromatic carbocycles. The predicted molar refractivity (Wildman–Crippen MR) is 103 cm³/mol. The van der Waals surface area contributed by atoms with Crippen LogP contribution >= 0.6 is 0 Å². The van der Waals surface area contributed by atoms with Crippen molar-refractivity contribution in [2.45, 2.75) is 26.2 Å². The number of para-hydroxylation sites is 1. The number of allylic oxidation sites excluding steroid dienone is 3. The first kappa shape index (κ1) is 17.0. The van der Waals surface area contributed by atoms with Crippen LogP contribution in [0.1, 0.15) is 30.5 Å². The fourth-order valence-electron chi connectivity index (χ4n) is 3.38. The summed E-state index contributed by atoms with van der Waals surface area (Å²) in [5, 5.41) is 10.2. The summed E-state index contributed by atoms with van der Waals surface area (Å²) in [5.41, 5.74) is 4.72. The molecule has 2 aromatic rings. The molecule has 128 valence electrons. The number of hydrogen-bond acceptors (Lipinski definition) is 3. The van der Waals surface area contributed by atoms with E-state index < -0.39 is 0 Å². The van der Waals surface area contributed by atoms with Crippen molar-refractivity contribution in [3.8, 4) is 0 Å². The van der Waals surface area contributed by atoms with Crippen LogP contribution in [-0.2, 0) is 10.2 Å². The molecule has 0 fully saturated rings. The molecule has 0 aliphatic carbocycles. The molecule has 3 heteroatoms. The highest BCUT2D eigenvalue weighted by Gasteiger charge is 2.38. The summed E-state index contributed by atoms with van der Waals surface area (Å²) in [4.78, 5) is 14.5. The SMILES string of the molecule is Cc1ccc(/C(O)=C/C(=O)C=C2N(C)c3ccccc3C2(C)C)cc1. The Bertz CT molecular complexity index is 873. The molecule has 0 spiro atoms. The zero-order chi connectivity index (χ0) is 18.2. The fourth-order valence-corrected chi connectivity index (χ4v) is 3.38. The normalized spacial score (nSPS) is 17.7. The highest BCUT2D eigenvalue weighted by Crippen LogP contribution is 2.46. The zero-order valence-corrected chi connectivity index (χ0v) is 15.1. The third-order valence-electron chi connectivity index (χ3n) is 4.85. The van der Waals surface area contributed by atoms with Gasteiger partial charge in [0.1, 0.15) is 5.76 Å². The van der Waals surface area contributed by atoms with Gasteiger partial charge >= 0.3 is 0 Å². The molecule has 3 nitrogen and oxygen atoms in total. The lowest BCUT2D eigenvalue weighted by Gasteiger charge is -2.23. The van der Waals surface area contributed by atoms with Crippen LogP contribution in [0.25, 0.3) is 5.76 Å². The van der Waals surface area contributed by atoms with Crippen molar-refractivity contribution in [3.63, 3.8) is 0 Å². The molecule has 3 rings (SSSR count). The van der Waals surface area contributed by atoms with E-state index in [-0.39, 0.29) is 17.0 Å². The molecule has 0 saturated carbocycles. The van der Waals surface area contributed by atoms with Crippen molar-refractivity contribution < 1.29 is 9.90 Å². The Morgan fingerprint density at radius 2 is 1.72 bits per heavy atom. The van der Waals surface area contributed by atoms with Gasteiger partial charge in [-0.05, 0) is 18.6 Å². The first-order valence-corrected chi connectivity index (χ1v) is 8.38. The molecule has 0 unspecified atom stereocenters. The smallest absolute Gasteiger partial charge is 0.184 e. The Kier molecular flexibility index (Phi) is 4.25. The molecule has 0 bridgehead atoms. The van der Waals surface area contributed by atoms with Crippen LogP contribution in [0, 0.1) is 6.92 Å². The number of aliphatic hydroxyl groups is 1. The molecule has 1 N–H and O–H groups in total. The maximum atomic E-state index is 12.5. The summed E-state index contributed by atoms with van der Waals surface area (Å²) < 4.78 is 0. The average molecular weight is 333 g/mol. The lowest BCUT2D eigenvalue weighted by molar-refractivity contribution is -0.110. The Balaban J connectivity index is 1.91. The van der Waals surface area contributed by atoms with E-state index in [0.29, 0.717) is 5.56 Å². The number of carbonyl (C=O) groups excluding carboxylic acids is 1. The van der Waals surface area contributed by atoms with Gasteiger partial charge in [-0.3, -0.25) is 4.79 Å². The number of benzene rings is 2. The fraction of sp³-hybridized carbons (Fsp3) is 0.227. The molecule has 0 atom stereocenters. The Morgan fingerprint density at radius 1 is 1.08 bits per heavy atom. The summed E-state index contributed by atoms with van der Waals surface area (Å²) in [6.07, 6.45) is 2.90. The van der Waals surface area contributed by atoms with E-state index in [1.54, 1.807) is 6.08 Å². The number of rotatable bonds is 3. The highest BCUT2D eigenvalue weighted by atomic mass is 16.3. The number of hydrogen-bond donors (Lipinski definition) is 1. The van der Waals surface area contributed by atoms with Gasteiger partial charge in [-0.1, -0.05) is 61.9 Å². The lowest BCUT2D eigenvalue weighted by atomic mass is 9.83. The third-order valence-corrected chi connectivity index (χ3v) is 4.85. The van der Waals surface area contributed by atoms with Crippen molar-refractivity contribution in [2.24, 2.45) is 0 Å². The summed E-state index contributed by atoms with van der Waals surface area (Å²) >= 11 is 0. The van der Waals surface area contributed by atoms with Crippen LogP contribution in [0.15, 0.2) is 66.4 Å². The van der Waals surface area contributed by atoms with Crippen LogP contribution in [0.3, 0.4) is 0 Å². The maximum Gasteiger partial charge on any atom is 0.184 e. The van der Waals surface area contributed by atoms with Crippen LogP contribution in [-0.4, -0.2) is 17.9 Å². The van der Waals surface area contributed by atoms with Gasteiger partial charge in [-0.15, -0.1) is 0 Å². The molecule has 0 saturated heterocycles. The molecule has 25 heavy (non-hydrogen) atoms. The number of fused-ring (bicyclic) bond motifs is 1. The van der Waals surface area contributed by atoms with Crippen LogP contribution in [0.2, 0.25) is 0 Å². The van der Waals surface area contributed by atoms with Gasteiger partial charge in [-0.25, -0.2) is 0 Å². The quantitative estimate of drug-likeness (QED) is 0.649. The second-order valence-corrected chi connectivity index (χ2v) is 7.03. The number of aryl methyl sites for hydroxylation is 1. The van der Waals surface area contributed by atoms with E-state index in [2.05, 4.69) is 26.0 Å². The standard InChI is InChI=1S/C22H23NO2/c1-15-9-11-16(12-10-15)20(25)13-17(24)14-21-22(2,3)18-7-5-6-8-19(18)23(21)4/h5-14,25H,1-4H3/b20-13-,21-14?. The van der Waals surface area contributed by atoms with Crippen LogP contribution in [0.5, 0.6) is 0 Å². The largest absolute Gasteiger partial charge is 0.507 e. The van der Waals surface area contributed by atoms with E-state index in [1.807, 2.05) is 55.3 Å². The monoisotopic (exact) mass is 333 g/mol. The second kappa shape index (κ2) is 6.25. The summed E-state index contributed by atoms with van der Waals surface area (Å²) in [6, 6.07) is 15.6. The molecular formula is C22H23NO2. The van der Waals surface area contributed by atoms with Crippen molar-refractivity contribution in [2.75, 3.05) is 11.9 Å². The Hall–Kier alpha value is -2.81. The minimum atomic E-state index is -0.256. The number of anilines is 1. The summed E-state index contributed by atoms with van der Waals surface area (Å²) in [7, 11) is 1.97. The Labute approximate surface area is 148 Å². The van der Waals surface area contributed by atoms with Crippen LogP contribution < -0.4 is 4.90 Å². The van der Waals surface area contributed by atoms with Gasteiger partial charge in [0.05, 0.1) is 0 Å².